The highest BCUT2D eigenvalue weighted by molar-refractivity contribution is 8.13. The summed E-state index contributed by atoms with van der Waals surface area (Å²) in [5.74, 6) is 0.441. The van der Waals surface area contributed by atoms with Gasteiger partial charge in [-0.15, -0.1) is 19.2 Å². The Hall–Kier alpha value is -0.260. The molecular formula is C7H10O3S2. The average molecular weight is 206 g/mol. The molecule has 0 aliphatic carbocycles. The van der Waals surface area contributed by atoms with E-state index in [0.29, 0.717) is 5.75 Å². The molecule has 0 saturated carbocycles. The van der Waals surface area contributed by atoms with Gasteiger partial charge >= 0.3 is 0 Å². The largest absolute Gasteiger partial charge is 0.384 e. The third kappa shape index (κ3) is 5.40. The molecule has 0 aliphatic heterocycles. The summed E-state index contributed by atoms with van der Waals surface area (Å²) in [7, 11) is 0. The number of aliphatic hydroxyl groups excluding tert-OH is 1. The van der Waals surface area contributed by atoms with Gasteiger partial charge in [-0.25, -0.2) is 0 Å². The van der Waals surface area contributed by atoms with E-state index in [1.54, 1.807) is 6.08 Å². The number of hydrogen-bond donors (Lipinski definition) is 2. The number of aliphatic hydroxyl groups is 1. The van der Waals surface area contributed by atoms with Crippen molar-refractivity contribution in [1.82, 2.24) is 0 Å². The van der Waals surface area contributed by atoms with Crippen molar-refractivity contribution in [3.63, 3.8) is 0 Å². The highest BCUT2D eigenvalue weighted by Crippen LogP contribution is 2.09. The number of rotatable bonds is 5. The summed E-state index contributed by atoms with van der Waals surface area (Å²) >= 11 is 4.38. The third-order valence-corrected chi connectivity index (χ3v) is 2.13. The predicted molar refractivity (Wildman–Crippen MR) is 52.3 cm³/mol. The van der Waals surface area contributed by atoms with Gasteiger partial charge in [0.25, 0.3) is 0 Å². The van der Waals surface area contributed by atoms with Crippen LogP contribution in [0.5, 0.6) is 0 Å². The van der Waals surface area contributed by atoms with Gasteiger partial charge in [0.05, 0.1) is 6.42 Å². The van der Waals surface area contributed by atoms with Crippen LogP contribution >= 0.6 is 24.4 Å². The predicted octanol–water partition coefficient (Wildman–Crippen LogP) is 0.640. The van der Waals surface area contributed by atoms with Gasteiger partial charge in [0, 0.05) is 5.75 Å². The first-order chi connectivity index (χ1) is 5.57. The summed E-state index contributed by atoms with van der Waals surface area (Å²) in [5.41, 5.74) is 0. The van der Waals surface area contributed by atoms with Gasteiger partial charge in [0.1, 0.15) is 6.10 Å². The van der Waals surface area contributed by atoms with Crippen molar-refractivity contribution in [1.29, 1.82) is 0 Å². The van der Waals surface area contributed by atoms with Crippen molar-refractivity contribution in [3.8, 4) is 0 Å². The Morgan fingerprint density at radius 3 is 2.67 bits per heavy atom. The smallest absolute Gasteiger partial charge is 0.218 e. The second-order valence-corrected chi connectivity index (χ2v) is 3.56. The molecule has 1 N–H and O–H groups in total. The molecule has 0 aromatic rings. The zero-order valence-electron chi connectivity index (χ0n) is 6.40. The molecule has 68 valence electrons. The molecule has 0 saturated heterocycles. The molecule has 0 amide bonds. The maximum absolute atomic E-state index is 10.9. The molecule has 0 radical (unpaired) electrons. The van der Waals surface area contributed by atoms with Crippen LogP contribution in [0.1, 0.15) is 6.42 Å². The lowest BCUT2D eigenvalue weighted by molar-refractivity contribution is -0.122. The maximum Gasteiger partial charge on any atom is 0.218 e. The standard InChI is InChI=1S/C7H10O3S2/c1-2-3-12-7(10)5(8)4-6(9)11/h2,5,8H,1,3-4H2,(H,9,11). The molecule has 1 unspecified atom stereocenters. The minimum atomic E-state index is -1.24. The Morgan fingerprint density at radius 1 is 1.67 bits per heavy atom. The summed E-state index contributed by atoms with van der Waals surface area (Å²) in [6.45, 7) is 3.42. The van der Waals surface area contributed by atoms with E-state index in [-0.39, 0.29) is 6.42 Å². The molecule has 12 heavy (non-hydrogen) atoms. The Morgan fingerprint density at radius 2 is 2.25 bits per heavy atom. The Labute approximate surface area is 80.6 Å². The summed E-state index contributed by atoms with van der Waals surface area (Å²) in [6, 6.07) is 0. The molecule has 0 rings (SSSR count). The van der Waals surface area contributed by atoms with E-state index in [0.717, 1.165) is 11.8 Å². The molecule has 0 spiro atoms. The second kappa shape index (κ2) is 6.28. The summed E-state index contributed by atoms with van der Waals surface area (Å²) in [4.78, 5) is 21.3. The topological polar surface area (TPSA) is 54.4 Å². The molecule has 0 aromatic carbocycles. The van der Waals surface area contributed by atoms with E-state index >= 15 is 0 Å². The monoisotopic (exact) mass is 206 g/mol. The van der Waals surface area contributed by atoms with Crippen molar-refractivity contribution < 1.29 is 14.7 Å². The molecule has 0 aromatic heterocycles. The van der Waals surface area contributed by atoms with Gasteiger partial charge in [-0.05, 0) is 0 Å². The minimum absolute atomic E-state index is 0.230. The van der Waals surface area contributed by atoms with E-state index < -0.39 is 16.3 Å². The third-order valence-electron chi connectivity index (χ3n) is 0.983. The van der Waals surface area contributed by atoms with Gasteiger partial charge in [0.2, 0.25) is 5.12 Å². The molecule has 1 atom stereocenters. The molecule has 0 aliphatic rings. The van der Waals surface area contributed by atoms with Crippen LogP contribution in [0.2, 0.25) is 0 Å². The van der Waals surface area contributed by atoms with E-state index in [4.69, 9.17) is 5.11 Å². The molecular weight excluding hydrogens is 196 g/mol. The number of carbonyl (C=O) groups excluding carboxylic acids is 2. The second-order valence-electron chi connectivity index (χ2n) is 2.03. The fourth-order valence-electron chi connectivity index (χ4n) is 0.486. The quantitative estimate of drug-likeness (QED) is 0.512. The van der Waals surface area contributed by atoms with E-state index in [1.165, 1.54) is 0 Å². The maximum atomic E-state index is 10.9. The molecule has 0 bridgehead atoms. The van der Waals surface area contributed by atoms with Gasteiger partial charge in [0.15, 0.2) is 5.12 Å². The van der Waals surface area contributed by atoms with Crippen LogP contribution in [0.3, 0.4) is 0 Å². The first-order valence-corrected chi connectivity index (χ1v) is 4.68. The highest BCUT2D eigenvalue weighted by atomic mass is 32.2. The van der Waals surface area contributed by atoms with E-state index in [9.17, 15) is 9.59 Å². The Balaban J connectivity index is 3.76. The zero-order chi connectivity index (χ0) is 9.56. The van der Waals surface area contributed by atoms with Crippen LogP contribution in [0.4, 0.5) is 0 Å². The van der Waals surface area contributed by atoms with E-state index in [2.05, 4.69) is 19.2 Å². The normalized spacial score (nSPS) is 12.2. The Bertz CT molecular complexity index is 191. The Kier molecular flexibility index (Phi) is 6.14. The van der Waals surface area contributed by atoms with E-state index in [1.807, 2.05) is 0 Å². The summed E-state index contributed by atoms with van der Waals surface area (Å²) in [5, 5.41) is 8.13. The van der Waals surface area contributed by atoms with Crippen LogP contribution < -0.4 is 0 Å². The highest BCUT2D eigenvalue weighted by Gasteiger charge is 2.16. The lowest BCUT2D eigenvalue weighted by Crippen LogP contribution is -2.19. The lowest BCUT2D eigenvalue weighted by atomic mass is 10.3. The van der Waals surface area contributed by atoms with Crippen LogP contribution in [-0.2, 0) is 9.59 Å². The van der Waals surface area contributed by atoms with Crippen molar-refractivity contribution in [2.24, 2.45) is 0 Å². The molecule has 0 heterocycles. The fraction of sp³-hybridized carbons (Fsp3) is 0.429. The molecule has 5 heteroatoms. The molecule has 0 fully saturated rings. The average Bonchev–Trinajstić information content (AvgIpc) is 1.98. The van der Waals surface area contributed by atoms with Crippen molar-refractivity contribution in [2.75, 3.05) is 5.75 Å². The number of thiol groups is 1. The first-order valence-electron chi connectivity index (χ1n) is 3.25. The SMILES string of the molecule is C=CCSC(=O)C(O)CC(=O)S. The van der Waals surface area contributed by atoms with Gasteiger partial charge in [-0.3, -0.25) is 9.59 Å². The van der Waals surface area contributed by atoms with Gasteiger partial charge < -0.3 is 5.11 Å². The summed E-state index contributed by atoms with van der Waals surface area (Å²) < 4.78 is 0. The number of carbonyl (C=O) groups is 2. The fourth-order valence-corrected chi connectivity index (χ4v) is 1.22. The van der Waals surface area contributed by atoms with Crippen molar-refractivity contribution in [2.45, 2.75) is 12.5 Å². The summed E-state index contributed by atoms with van der Waals surface area (Å²) in [6.07, 6.45) is 0.0871. The van der Waals surface area contributed by atoms with Crippen LogP contribution in [0.15, 0.2) is 12.7 Å². The zero-order valence-corrected chi connectivity index (χ0v) is 8.11. The van der Waals surface area contributed by atoms with Crippen molar-refractivity contribution in [3.05, 3.63) is 12.7 Å². The number of hydrogen-bond acceptors (Lipinski definition) is 4. The molecule has 3 nitrogen and oxygen atoms in total. The van der Waals surface area contributed by atoms with Crippen LogP contribution in [-0.4, -0.2) is 27.2 Å². The van der Waals surface area contributed by atoms with Crippen LogP contribution in [0, 0.1) is 0 Å². The lowest BCUT2D eigenvalue weighted by Gasteiger charge is -2.04. The number of thioether (sulfide) groups is 1. The minimum Gasteiger partial charge on any atom is -0.384 e. The first kappa shape index (κ1) is 11.7. The van der Waals surface area contributed by atoms with Gasteiger partial charge in [-0.2, -0.15) is 0 Å². The van der Waals surface area contributed by atoms with Crippen LogP contribution in [0.25, 0.3) is 0 Å². The van der Waals surface area contributed by atoms with Gasteiger partial charge in [-0.1, -0.05) is 17.8 Å². The van der Waals surface area contributed by atoms with Crippen molar-refractivity contribution >= 4 is 34.6 Å².